The van der Waals surface area contributed by atoms with Gasteiger partial charge in [0.15, 0.2) is 5.11 Å². The maximum Gasteiger partial charge on any atom is 0.221 e. The third kappa shape index (κ3) is 4.38. The predicted octanol–water partition coefficient (Wildman–Crippen LogP) is 0.821. The van der Waals surface area contributed by atoms with E-state index in [-0.39, 0.29) is 11.0 Å². The SMILES string of the molecule is COc1cc(NC(C)=O)ccc1C=NNC(N)=S. The lowest BCUT2D eigenvalue weighted by Gasteiger charge is -2.08. The Morgan fingerprint density at radius 3 is 2.83 bits per heavy atom. The molecule has 0 unspecified atom stereocenters. The van der Waals surface area contributed by atoms with Crippen molar-refractivity contribution >= 4 is 35.1 Å². The van der Waals surface area contributed by atoms with Crippen LogP contribution in [0, 0.1) is 0 Å². The van der Waals surface area contributed by atoms with Crippen molar-refractivity contribution in [3.05, 3.63) is 23.8 Å². The van der Waals surface area contributed by atoms with E-state index in [2.05, 4.69) is 28.1 Å². The molecule has 0 saturated heterocycles. The molecule has 1 aromatic rings. The highest BCUT2D eigenvalue weighted by molar-refractivity contribution is 7.80. The van der Waals surface area contributed by atoms with Crippen LogP contribution in [0.4, 0.5) is 5.69 Å². The van der Waals surface area contributed by atoms with Crippen LogP contribution in [0.3, 0.4) is 0 Å². The van der Waals surface area contributed by atoms with Crippen molar-refractivity contribution in [3.63, 3.8) is 0 Å². The number of nitrogens with zero attached hydrogens (tertiary/aromatic N) is 1. The molecule has 18 heavy (non-hydrogen) atoms. The fraction of sp³-hybridized carbons (Fsp3) is 0.182. The van der Waals surface area contributed by atoms with Crippen LogP contribution in [0.1, 0.15) is 12.5 Å². The second-order valence-corrected chi connectivity index (χ2v) is 3.81. The van der Waals surface area contributed by atoms with Crippen molar-refractivity contribution in [2.45, 2.75) is 6.92 Å². The summed E-state index contributed by atoms with van der Waals surface area (Å²) in [5.74, 6) is 0.434. The van der Waals surface area contributed by atoms with E-state index < -0.39 is 0 Å². The molecule has 0 fully saturated rings. The van der Waals surface area contributed by atoms with Gasteiger partial charge in [0.05, 0.1) is 13.3 Å². The monoisotopic (exact) mass is 266 g/mol. The van der Waals surface area contributed by atoms with E-state index in [0.29, 0.717) is 11.4 Å². The van der Waals surface area contributed by atoms with Crippen LogP contribution in [0.25, 0.3) is 0 Å². The number of benzene rings is 1. The van der Waals surface area contributed by atoms with E-state index >= 15 is 0 Å². The van der Waals surface area contributed by atoms with E-state index in [1.807, 2.05) is 0 Å². The maximum absolute atomic E-state index is 10.9. The van der Waals surface area contributed by atoms with Crippen LogP contribution < -0.4 is 21.2 Å². The largest absolute Gasteiger partial charge is 0.496 e. The van der Waals surface area contributed by atoms with Gasteiger partial charge in [0, 0.05) is 24.2 Å². The van der Waals surface area contributed by atoms with Gasteiger partial charge in [-0.1, -0.05) is 0 Å². The van der Waals surface area contributed by atoms with E-state index in [4.69, 9.17) is 10.5 Å². The number of thiocarbonyl (C=S) groups is 1. The van der Waals surface area contributed by atoms with Crippen molar-refractivity contribution < 1.29 is 9.53 Å². The topological polar surface area (TPSA) is 88.7 Å². The molecular weight excluding hydrogens is 252 g/mol. The van der Waals surface area contributed by atoms with Gasteiger partial charge in [0.2, 0.25) is 5.91 Å². The number of anilines is 1. The van der Waals surface area contributed by atoms with E-state index in [1.54, 1.807) is 18.2 Å². The molecule has 0 bridgehead atoms. The molecular formula is C11H14N4O2S. The summed E-state index contributed by atoms with van der Waals surface area (Å²) >= 11 is 4.61. The molecule has 0 atom stereocenters. The number of nitrogens with two attached hydrogens (primary N) is 1. The average Bonchev–Trinajstić information content (AvgIpc) is 2.29. The number of rotatable bonds is 4. The molecule has 1 aromatic carbocycles. The summed E-state index contributed by atoms with van der Waals surface area (Å²) in [5.41, 5.74) is 9.06. The summed E-state index contributed by atoms with van der Waals surface area (Å²) in [4.78, 5) is 10.9. The van der Waals surface area contributed by atoms with Crippen molar-refractivity contribution in [1.29, 1.82) is 0 Å². The summed E-state index contributed by atoms with van der Waals surface area (Å²) in [7, 11) is 1.53. The Morgan fingerprint density at radius 2 is 2.28 bits per heavy atom. The van der Waals surface area contributed by atoms with Crippen LogP contribution in [0.5, 0.6) is 5.75 Å². The highest BCUT2D eigenvalue weighted by Crippen LogP contribution is 2.21. The number of nitrogens with one attached hydrogen (secondary N) is 2. The number of carbonyl (C=O) groups excluding carboxylic acids is 1. The number of hydrazone groups is 1. The van der Waals surface area contributed by atoms with Crippen LogP contribution in [-0.4, -0.2) is 24.3 Å². The van der Waals surface area contributed by atoms with Crippen LogP contribution in [-0.2, 0) is 4.79 Å². The molecule has 96 valence electrons. The second-order valence-electron chi connectivity index (χ2n) is 3.37. The highest BCUT2D eigenvalue weighted by atomic mass is 32.1. The molecule has 0 aliphatic carbocycles. The van der Waals surface area contributed by atoms with Gasteiger partial charge in [0.25, 0.3) is 0 Å². The van der Waals surface area contributed by atoms with Gasteiger partial charge in [-0.2, -0.15) is 5.10 Å². The Bertz CT molecular complexity index is 488. The molecule has 0 radical (unpaired) electrons. The van der Waals surface area contributed by atoms with Gasteiger partial charge in [0.1, 0.15) is 5.75 Å². The lowest BCUT2D eigenvalue weighted by atomic mass is 10.2. The van der Waals surface area contributed by atoms with Gasteiger partial charge in [-0.3, -0.25) is 10.2 Å². The van der Waals surface area contributed by atoms with Crippen molar-refractivity contribution in [1.82, 2.24) is 5.43 Å². The minimum absolute atomic E-state index is 0.0834. The summed E-state index contributed by atoms with van der Waals surface area (Å²) in [6.07, 6.45) is 1.52. The Labute approximate surface area is 110 Å². The Kier molecular flexibility index (Phi) is 5.06. The van der Waals surface area contributed by atoms with Gasteiger partial charge in [-0.15, -0.1) is 0 Å². The molecule has 6 nitrogen and oxygen atoms in total. The Balaban J connectivity index is 2.89. The molecule has 1 rings (SSSR count). The number of hydrogen-bond donors (Lipinski definition) is 3. The molecule has 0 saturated carbocycles. The quantitative estimate of drug-likeness (QED) is 0.426. The fourth-order valence-corrected chi connectivity index (χ4v) is 1.32. The van der Waals surface area contributed by atoms with E-state index in [9.17, 15) is 4.79 Å². The van der Waals surface area contributed by atoms with Crippen LogP contribution >= 0.6 is 12.2 Å². The molecule has 4 N–H and O–H groups in total. The van der Waals surface area contributed by atoms with E-state index in [1.165, 1.54) is 20.2 Å². The van der Waals surface area contributed by atoms with Crippen LogP contribution in [0.2, 0.25) is 0 Å². The van der Waals surface area contributed by atoms with Crippen molar-refractivity contribution in [2.75, 3.05) is 12.4 Å². The second kappa shape index (κ2) is 6.55. The average molecular weight is 266 g/mol. The lowest BCUT2D eigenvalue weighted by molar-refractivity contribution is -0.114. The smallest absolute Gasteiger partial charge is 0.221 e. The first-order valence-corrected chi connectivity index (χ1v) is 5.48. The zero-order chi connectivity index (χ0) is 13.5. The maximum atomic E-state index is 10.9. The number of hydrogen-bond acceptors (Lipinski definition) is 4. The van der Waals surface area contributed by atoms with Gasteiger partial charge < -0.3 is 15.8 Å². The molecule has 0 aliphatic rings. The van der Waals surface area contributed by atoms with Crippen LogP contribution in [0.15, 0.2) is 23.3 Å². The lowest BCUT2D eigenvalue weighted by Crippen LogP contribution is -2.24. The van der Waals surface area contributed by atoms with E-state index in [0.717, 1.165) is 5.56 Å². The number of ether oxygens (including phenoxy) is 1. The molecule has 0 heterocycles. The van der Waals surface area contributed by atoms with Crippen molar-refractivity contribution in [2.24, 2.45) is 10.8 Å². The highest BCUT2D eigenvalue weighted by Gasteiger charge is 2.03. The molecule has 0 spiro atoms. The predicted molar refractivity (Wildman–Crippen MR) is 74.8 cm³/mol. The number of amides is 1. The molecule has 0 aromatic heterocycles. The summed E-state index contributed by atoms with van der Waals surface area (Å²) in [6.45, 7) is 1.44. The zero-order valence-corrected chi connectivity index (χ0v) is 10.9. The number of carbonyl (C=O) groups is 1. The normalized spacial score (nSPS) is 10.1. The summed E-state index contributed by atoms with van der Waals surface area (Å²) < 4.78 is 5.19. The first-order chi connectivity index (χ1) is 8.52. The summed E-state index contributed by atoms with van der Waals surface area (Å²) in [6, 6.07) is 5.20. The van der Waals surface area contributed by atoms with Gasteiger partial charge in [-0.25, -0.2) is 0 Å². The minimum Gasteiger partial charge on any atom is -0.496 e. The summed E-state index contributed by atoms with van der Waals surface area (Å²) in [5, 5.41) is 6.58. The van der Waals surface area contributed by atoms with Crippen molar-refractivity contribution in [3.8, 4) is 5.75 Å². The first kappa shape index (κ1) is 13.9. The third-order valence-electron chi connectivity index (χ3n) is 1.93. The fourth-order valence-electron chi connectivity index (χ4n) is 1.26. The van der Waals surface area contributed by atoms with Gasteiger partial charge in [-0.05, 0) is 24.4 Å². The molecule has 1 amide bonds. The number of methoxy groups -OCH3 is 1. The molecule has 0 aliphatic heterocycles. The Hall–Kier alpha value is -2.15. The zero-order valence-electron chi connectivity index (χ0n) is 10.1. The third-order valence-corrected chi connectivity index (χ3v) is 2.02. The molecule has 7 heteroatoms. The standard InChI is InChI=1S/C11H14N4O2S/c1-7(16)14-9-4-3-8(10(5-9)17-2)6-13-15-11(12)18/h3-6H,1-2H3,(H,14,16)(H3,12,15,18). The minimum atomic E-state index is -0.145. The Morgan fingerprint density at radius 1 is 1.56 bits per heavy atom. The van der Waals surface area contributed by atoms with Gasteiger partial charge >= 0.3 is 0 Å². The first-order valence-electron chi connectivity index (χ1n) is 5.07.